The van der Waals surface area contributed by atoms with Gasteiger partial charge in [0.15, 0.2) is 0 Å². The van der Waals surface area contributed by atoms with Crippen molar-refractivity contribution in [1.29, 1.82) is 0 Å². The number of rotatable bonds is 8. The van der Waals surface area contributed by atoms with E-state index in [4.69, 9.17) is 4.74 Å². The molecule has 0 aliphatic rings. The molecule has 0 atom stereocenters. The summed E-state index contributed by atoms with van der Waals surface area (Å²) in [5, 5.41) is 0. The standard InChI is InChI=1S/C25H27N3O/c1-3-27(15-16-29-2)18-20-9-12-23(13-10-20)28-19-26-24-14-11-22(17-25(24)28)21-7-5-4-6-8-21/h4-14,17,19H,3,15-16,18H2,1-2H3. The van der Waals surface area contributed by atoms with Crippen LogP contribution in [0.2, 0.25) is 0 Å². The molecule has 0 amide bonds. The number of hydrogen-bond donors (Lipinski definition) is 0. The van der Waals surface area contributed by atoms with E-state index < -0.39 is 0 Å². The first kappa shape index (κ1) is 19.4. The zero-order valence-corrected chi connectivity index (χ0v) is 17.1. The SMILES string of the molecule is CCN(CCOC)Cc1ccc(-n2cnc3ccc(-c4ccccc4)cc32)cc1. The van der Waals surface area contributed by atoms with Crippen LogP contribution in [0.1, 0.15) is 12.5 Å². The highest BCUT2D eigenvalue weighted by molar-refractivity contribution is 5.83. The van der Waals surface area contributed by atoms with Gasteiger partial charge in [0.1, 0.15) is 6.33 Å². The maximum absolute atomic E-state index is 5.21. The maximum Gasteiger partial charge on any atom is 0.100 e. The molecule has 0 saturated heterocycles. The molecule has 0 aliphatic carbocycles. The molecule has 4 nitrogen and oxygen atoms in total. The number of ether oxygens (including phenoxy) is 1. The lowest BCUT2D eigenvalue weighted by molar-refractivity contribution is 0.147. The first-order valence-corrected chi connectivity index (χ1v) is 10.1. The molecule has 0 spiro atoms. The average molecular weight is 386 g/mol. The second-order valence-corrected chi connectivity index (χ2v) is 7.21. The van der Waals surface area contributed by atoms with Gasteiger partial charge < -0.3 is 4.74 Å². The van der Waals surface area contributed by atoms with E-state index in [0.29, 0.717) is 0 Å². The van der Waals surface area contributed by atoms with Crippen molar-refractivity contribution in [2.24, 2.45) is 0 Å². The normalized spacial score (nSPS) is 11.4. The predicted octanol–water partition coefficient (Wildman–Crippen LogP) is 5.16. The summed E-state index contributed by atoms with van der Waals surface area (Å²) in [6, 6.07) is 25.7. The molecule has 0 bridgehead atoms. The highest BCUT2D eigenvalue weighted by Gasteiger charge is 2.08. The lowest BCUT2D eigenvalue weighted by Gasteiger charge is -2.20. The minimum absolute atomic E-state index is 0.761. The summed E-state index contributed by atoms with van der Waals surface area (Å²) in [6.07, 6.45) is 1.91. The summed E-state index contributed by atoms with van der Waals surface area (Å²) in [5.74, 6) is 0. The van der Waals surface area contributed by atoms with Crippen molar-refractivity contribution >= 4 is 11.0 Å². The van der Waals surface area contributed by atoms with Gasteiger partial charge in [0.05, 0.1) is 17.6 Å². The lowest BCUT2D eigenvalue weighted by atomic mass is 10.1. The molecule has 0 saturated carbocycles. The molecule has 0 unspecified atom stereocenters. The summed E-state index contributed by atoms with van der Waals surface area (Å²) >= 11 is 0. The van der Waals surface area contributed by atoms with E-state index in [1.165, 1.54) is 16.7 Å². The topological polar surface area (TPSA) is 30.3 Å². The van der Waals surface area contributed by atoms with Gasteiger partial charge in [0.2, 0.25) is 0 Å². The minimum Gasteiger partial charge on any atom is -0.383 e. The van der Waals surface area contributed by atoms with Crippen LogP contribution in [0.3, 0.4) is 0 Å². The summed E-state index contributed by atoms with van der Waals surface area (Å²) in [5.41, 5.74) is 6.98. The Morgan fingerprint density at radius 2 is 1.72 bits per heavy atom. The molecule has 4 heteroatoms. The summed E-state index contributed by atoms with van der Waals surface area (Å²) in [7, 11) is 1.75. The molecular formula is C25H27N3O. The van der Waals surface area contributed by atoms with Gasteiger partial charge in [-0.15, -0.1) is 0 Å². The van der Waals surface area contributed by atoms with E-state index in [1.807, 2.05) is 12.4 Å². The molecule has 4 aromatic rings. The van der Waals surface area contributed by atoms with Crippen molar-refractivity contribution in [2.75, 3.05) is 26.8 Å². The second-order valence-electron chi connectivity index (χ2n) is 7.21. The third-order valence-corrected chi connectivity index (χ3v) is 5.33. The van der Waals surface area contributed by atoms with Crippen molar-refractivity contribution in [2.45, 2.75) is 13.5 Å². The highest BCUT2D eigenvalue weighted by atomic mass is 16.5. The molecular weight excluding hydrogens is 358 g/mol. The average Bonchev–Trinajstić information content (AvgIpc) is 3.21. The molecule has 3 aromatic carbocycles. The van der Waals surface area contributed by atoms with Crippen molar-refractivity contribution in [3.63, 3.8) is 0 Å². The zero-order chi connectivity index (χ0) is 20.1. The van der Waals surface area contributed by atoms with Gasteiger partial charge in [0, 0.05) is 25.9 Å². The number of aromatic nitrogens is 2. The van der Waals surface area contributed by atoms with E-state index in [1.54, 1.807) is 7.11 Å². The fourth-order valence-corrected chi connectivity index (χ4v) is 3.61. The quantitative estimate of drug-likeness (QED) is 0.420. The molecule has 0 radical (unpaired) electrons. The Morgan fingerprint density at radius 1 is 0.931 bits per heavy atom. The van der Waals surface area contributed by atoms with Gasteiger partial charge in [-0.25, -0.2) is 4.98 Å². The van der Waals surface area contributed by atoms with Gasteiger partial charge >= 0.3 is 0 Å². The monoisotopic (exact) mass is 385 g/mol. The van der Waals surface area contributed by atoms with E-state index in [9.17, 15) is 0 Å². The Labute approximate surface area is 172 Å². The molecule has 0 fully saturated rings. The Kier molecular flexibility index (Phi) is 6.03. The van der Waals surface area contributed by atoms with E-state index in [0.717, 1.165) is 43.0 Å². The molecule has 1 aromatic heterocycles. The number of benzene rings is 3. The van der Waals surface area contributed by atoms with Crippen LogP contribution in [-0.4, -0.2) is 41.3 Å². The minimum atomic E-state index is 0.761. The number of fused-ring (bicyclic) bond motifs is 1. The smallest absolute Gasteiger partial charge is 0.100 e. The van der Waals surface area contributed by atoms with Gasteiger partial charge in [-0.05, 0) is 47.5 Å². The van der Waals surface area contributed by atoms with Crippen LogP contribution in [0.5, 0.6) is 0 Å². The third kappa shape index (κ3) is 4.39. The molecule has 1 heterocycles. The molecule has 4 rings (SSSR count). The highest BCUT2D eigenvalue weighted by Crippen LogP contribution is 2.26. The van der Waals surface area contributed by atoms with E-state index >= 15 is 0 Å². The van der Waals surface area contributed by atoms with Gasteiger partial charge in [-0.1, -0.05) is 55.5 Å². The largest absolute Gasteiger partial charge is 0.383 e. The van der Waals surface area contributed by atoms with Crippen molar-refractivity contribution < 1.29 is 4.74 Å². The summed E-state index contributed by atoms with van der Waals surface area (Å²) < 4.78 is 7.37. The van der Waals surface area contributed by atoms with Crippen molar-refractivity contribution in [1.82, 2.24) is 14.5 Å². The molecule has 148 valence electrons. The first-order valence-electron chi connectivity index (χ1n) is 10.1. The van der Waals surface area contributed by atoms with Gasteiger partial charge in [-0.3, -0.25) is 9.47 Å². The Hall–Kier alpha value is -2.95. The van der Waals surface area contributed by atoms with Crippen molar-refractivity contribution in [3.05, 3.63) is 84.7 Å². The Bertz CT molecular complexity index is 1050. The number of nitrogens with zero attached hydrogens (tertiary/aromatic N) is 3. The van der Waals surface area contributed by atoms with E-state index in [-0.39, 0.29) is 0 Å². The Morgan fingerprint density at radius 3 is 2.45 bits per heavy atom. The summed E-state index contributed by atoms with van der Waals surface area (Å²) in [4.78, 5) is 6.97. The predicted molar refractivity (Wildman–Crippen MR) is 119 cm³/mol. The molecule has 29 heavy (non-hydrogen) atoms. The van der Waals surface area contributed by atoms with Gasteiger partial charge in [0.25, 0.3) is 0 Å². The zero-order valence-electron chi connectivity index (χ0n) is 17.1. The van der Waals surface area contributed by atoms with Crippen LogP contribution < -0.4 is 0 Å². The number of likely N-dealkylation sites (N-methyl/N-ethyl adjacent to an activating group) is 1. The first-order chi connectivity index (χ1) is 14.3. The number of imidazole rings is 1. The molecule has 0 aliphatic heterocycles. The molecule has 0 N–H and O–H groups in total. The van der Waals surface area contributed by atoms with Crippen LogP contribution in [0.4, 0.5) is 0 Å². The second kappa shape index (κ2) is 9.03. The van der Waals surface area contributed by atoms with Crippen LogP contribution in [0, 0.1) is 0 Å². The fraction of sp³-hybridized carbons (Fsp3) is 0.240. The van der Waals surface area contributed by atoms with E-state index in [2.05, 4.69) is 88.1 Å². The van der Waals surface area contributed by atoms with Crippen LogP contribution in [-0.2, 0) is 11.3 Å². The fourth-order valence-electron chi connectivity index (χ4n) is 3.61. The third-order valence-electron chi connectivity index (χ3n) is 5.33. The maximum atomic E-state index is 5.21. The van der Waals surface area contributed by atoms with Crippen LogP contribution >= 0.6 is 0 Å². The number of hydrogen-bond acceptors (Lipinski definition) is 3. The summed E-state index contributed by atoms with van der Waals surface area (Å²) in [6.45, 7) is 5.84. The van der Waals surface area contributed by atoms with Crippen LogP contribution in [0.15, 0.2) is 79.1 Å². The number of methoxy groups -OCH3 is 1. The van der Waals surface area contributed by atoms with Crippen LogP contribution in [0.25, 0.3) is 27.8 Å². The van der Waals surface area contributed by atoms with Gasteiger partial charge in [-0.2, -0.15) is 0 Å². The lowest BCUT2D eigenvalue weighted by Crippen LogP contribution is -2.26. The Balaban J connectivity index is 1.59. The van der Waals surface area contributed by atoms with Crippen molar-refractivity contribution in [3.8, 4) is 16.8 Å².